The molecule has 0 saturated heterocycles. The van der Waals surface area contributed by atoms with Crippen LogP contribution in [0.25, 0.3) is 10.9 Å². The maximum absolute atomic E-state index is 13.2. The van der Waals surface area contributed by atoms with E-state index in [4.69, 9.17) is 11.6 Å². The molecule has 0 atom stereocenters. The fourth-order valence-corrected chi connectivity index (χ4v) is 2.21. The molecule has 110 valence electrons. The van der Waals surface area contributed by atoms with Gasteiger partial charge in [-0.15, -0.1) is 0 Å². The van der Waals surface area contributed by atoms with E-state index in [-0.39, 0.29) is 5.02 Å². The molecule has 0 unspecified atom stereocenters. The number of aromatic nitrogens is 2. The quantitative estimate of drug-likeness (QED) is 0.720. The summed E-state index contributed by atoms with van der Waals surface area (Å²) in [6, 6.07) is 9.56. The molecule has 1 aromatic heterocycles. The Kier molecular flexibility index (Phi) is 3.84. The summed E-state index contributed by atoms with van der Waals surface area (Å²) in [5.74, 6) is 0.0412. The highest BCUT2D eigenvalue weighted by atomic mass is 35.5. The number of anilines is 3. The van der Waals surface area contributed by atoms with E-state index in [2.05, 4.69) is 20.6 Å². The van der Waals surface area contributed by atoms with Crippen LogP contribution in [-0.2, 0) is 4.79 Å². The highest BCUT2D eigenvalue weighted by Gasteiger charge is 2.07. The summed E-state index contributed by atoms with van der Waals surface area (Å²) in [5.41, 5.74) is 1.93. The summed E-state index contributed by atoms with van der Waals surface area (Å²) in [5, 5.41) is 6.38. The van der Waals surface area contributed by atoms with E-state index in [0.717, 1.165) is 5.39 Å². The molecule has 2 aromatic carbocycles. The van der Waals surface area contributed by atoms with Crippen LogP contribution in [0.4, 0.5) is 21.6 Å². The summed E-state index contributed by atoms with van der Waals surface area (Å²) in [7, 11) is 0. The summed E-state index contributed by atoms with van der Waals surface area (Å²) in [6.45, 7) is 0. The van der Waals surface area contributed by atoms with Gasteiger partial charge in [-0.3, -0.25) is 4.79 Å². The predicted octanol–water partition coefficient (Wildman–Crippen LogP) is 3.73. The van der Waals surface area contributed by atoms with Crippen LogP contribution in [0, 0.1) is 5.82 Å². The van der Waals surface area contributed by atoms with Crippen molar-refractivity contribution in [3.05, 3.63) is 53.6 Å². The molecule has 0 aliphatic carbocycles. The topological polar surface area (TPSA) is 66.9 Å². The first-order valence-electron chi connectivity index (χ1n) is 6.34. The number of hydrogen-bond acceptors (Lipinski definition) is 4. The van der Waals surface area contributed by atoms with E-state index >= 15 is 0 Å². The Hall–Kier alpha value is -2.73. The minimum Gasteiger partial charge on any atom is -0.340 e. The molecule has 3 aromatic rings. The van der Waals surface area contributed by atoms with Gasteiger partial charge in [0.1, 0.15) is 18.0 Å². The Morgan fingerprint density at radius 1 is 1.09 bits per heavy atom. The van der Waals surface area contributed by atoms with Crippen LogP contribution in [0.5, 0.6) is 0 Å². The number of halogens is 2. The second-order valence-corrected chi connectivity index (χ2v) is 4.88. The predicted molar refractivity (Wildman–Crippen MR) is 83.9 cm³/mol. The summed E-state index contributed by atoms with van der Waals surface area (Å²) in [4.78, 5) is 18.9. The molecule has 0 fully saturated rings. The molecule has 1 heterocycles. The normalized spacial score (nSPS) is 10.5. The lowest BCUT2D eigenvalue weighted by Gasteiger charge is -2.10. The van der Waals surface area contributed by atoms with Crippen LogP contribution in [-0.4, -0.2) is 16.4 Å². The van der Waals surface area contributed by atoms with E-state index in [1.807, 2.05) is 0 Å². The Morgan fingerprint density at radius 3 is 2.68 bits per heavy atom. The Bertz CT molecular complexity index is 856. The number of benzene rings is 2. The van der Waals surface area contributed by atoms with Crippen molar-refractivity contribution >= 4 is 46.1 Å². The molecule has 0 saturated carbocycles. The van der Waals surface area contributed by atoms with Crippen LogP contribution in [0.3, 0.4) is 0 Å². The summed E-state index contributed by atoms with van der Waals surface area (Å²) >= 11 is 5.77. The maximum atomic E-state index is 13.2. The largest absolute Gasteiger partial charge is 0.340 e. The van der Waals surface area contributed by atoms with Gasteiger partial charge in [0.2, 0.25) is 6.41 Å². The van der Waals surface area contributed by atoms with Crippen LogP contribution in [0.2, 0.25) is 5.02 Å². The van der Waals surface area contributed by atoms with Gasteiger partial charge in [-0.2, -0.15) is 0 Å². The first kappa shape index (κ1) is 14.2. The number of carbonyl (C=O) groups excluding carboxylic acids is 1. The number of hydrogen-bond donors (Lipinski definition) is 2. The highest BCUT2D eigenvalue weighted by Crippen LogP contribution is 2.27. The Morgan fingerprint density at radius 2 is 1.91 bits per heavy atom. The van der Waals surface area contributed by atoms with Gasteiger partial charge < -0.3 is 10.6 Å². The van der Waals surface area contributed by atoms with E-state index in [9.17, 15) is 9.18 Å². The first-order chi connectivity index (χ1) is 10.7. The molecule has 0 radical (unpaired) electrons. The lowest BCUT2D eigenvalue weighted by atomic mass is 10.2. The van der Waals surface area contributed by atoms with Gasteiger partial charge in [0, 0.05) is 16.8 Å². The van der Waals surface area contributed by atoms with E-state index in [1.165, 1.54) is 18.5 Å². The smallest absolute Gasteiger partial charge is 0.211 e. The lowest BCUT2D eigenvalue weighted by Crippen LogP contribution is -1.98. The van der Waals surface area contributed by atoms with Gasteiger partial charge in [0.15, 0.2) is 0 Å². The van der Waals surface area contributed by atoms with Crippen LogP contribution < -0.4 is 10.6 Å². The van der Waals surface area contributed by atoms with Crippen molar-refractivity contribution in [1.29, 1.82) is 0 Å². The standard InChI is InChI=1S/C15H10ClFN4O/c16-12-6-10(1-3-13(12)17)21-15-11-5-9(20-8-22)2-4-14(11)18-7-19-15/h1-8H,(H,20,22)(H,18,19,21). The number of amides is 1. The third-order valence-corrected chi connectivity index (χ3v) is 3.33. The average Bonchev–Trinajstić information content (AvgIpc) is 2.52. The highest BCUT2D eigenvalue weighted by molar-refractivity contribution is 6.31. The van der Waals surface area contributed by atoms with Crippen LogP contribution in [0.1, 0.15) is 0 Å². The zero-order valence-electron chi connectivity index (χ0n) is 11.2. The minimum atomic E-state index is -0.489. The molecule has 0 bridgehead atoms. The number of rotatable bonds is 4. The molecule has 0 aliphatic rings. The van der Waals surface area contributed by atoms with Crippen molar-refractivity contribution in [2.45, 2.75) is 0 Å². The maximum Gasteiger partial charge on any atom is 0.211 e. The fraction of sp³-hybridized carbons (Fsp3) is 0. The second kappa shape index (κ2) is 5.95. The van der Waals surface area contributed by atoms with Gasteiger partial charge in [-0.05, 0) is 36.4 Å². The Labute approximate surface area is 130 Å². The molecule has 5 nitrogen and oxygen atoms in total. The van der Waals surface area contributed by atoms with Crippen LogP contribution >= 0.6 is 11.6 Å². The van der Waals surface area contributed by atoms with Crippen molar-refractivity contribution in [3.63, 3.8) is 0 Å². The Balaban J connectivity index is 2.03. The molecule has 0 aliphatic heterocycles. The van der Waals surface area contributed by atoms with Crippen molar-refractivity contribution in [2.24, 2.45) is 0 Å². The van der Waals surface area contributed by atoms with Gasteiger partial charge in [-0.25, -0.2) is 14.4 Å². The van der Waals surface area contributed by atoms with E-state index < -0.39 is 5.82 Å². The van der Waals surface area contributed by atoms with E-state index in [1.54, 1.807) is 24.3 Å². The van der Waals surface area contributed by atoms with Gasteiger partial charge >= 0.3 is 0 Å². The SMILES string of the molecule is O=CNc1ccc2ncnc(Nc3ccc(F)c(Cl)c3)c2c1. The summed E-state index contributed by atoms with van der Waals surface area (Å²) in [6.07, 6.45) is 2.01. The van der Waals surface area contributed by atoms with Gasteiger partial charge in [0.05, 0.1) is 10.5 Å². The minimum absolute atomic E-state index is 0.0201. The average molecular weight is 317 g/mol. The van der Waals surface area contributed by atoms with Crippen molar-refractivity contribution in [3.8, 4) is 0 Å². The molecule has 22 heavy (non-hydrogen) atoms. The third-order valence-electron chi connectivity index (χ3n) is 3.04. The van der Waals surface area contributed by atoms with E-state index in [0.29, 0.717) is 29.1 Å². The number of nitrogens with zero attached hydrogens (tertiary/aromatic N) is 2. The molecular weight excluding hydrogens is 307 g/mol. The molecule has 0 spiro atoms. The number of carbonyl (C=O) groups is 1. The van der Waals surface area contributed by atoms with Crippen molar-refractivity contribution in [2.75, 3.05) is 10.6 Å². The molecular formula is C15H10ClFN4O. The fourth-order valence-electron chi connectivity index (χ4n) is 2.02. The molecule has 2 N–H and O–H groups in total. The zero-order chi connectivity index (χ0) is 15.5. The number of fused-ring (bicyclic) bond motifs is 1. The molecule has 1 amide bonds. The third kappa shape index (κ3) is 2.82. The monoisotopic (exact) mass is 316 g/mol. The number of nitrogens with one attached hydrogen (secondary N) is 2. The van der Waals surface area contributed by atoms with Crippen LogP contribution in [0.15, 0.2) is 42.7 Å². The first-order valence-corrected chi connectivity index (χ1v) is 6.72. The second-order valence-electron chi connectivity index (χ2n) is 4.47. The van der Waals surface area contributed by atoms with Crippen molar-refractivity contribution in [1.82, 2.24) is 9.97 Å². The van der Waals surface area contributed by atoms with Gasteiger partial charge in [-0.1, -0.05) is 11.6 Å². The molecule has 3 rings (SSSR count). The zero-order valence-corrected chi connectivity index (χ0v) is 11.9. The van der Waals surface area contributed by atoms with Gasteiger partial charge in [0.25, 0.3) is 0 Å². The lowest BCUT2D eigenvalue weighted by molar-refractivity contribution is -0.105. The van der Waals surface area contributed by atoms with Crippen molar-refractivity contribution < 1.29 is 9.18 Å². The summed E-state index contributed by atoms with van der Waals surface area (Å²) < 4.78 is 13.2. The molecule has 7 heteroatoms.